The first-order chi connectivity index (χ1) is 9.79. The van der Waals surface area contributed by atoms with Crippen molar-refractivity contribution in [3.8, 4) is 0 Å². The zero-order chi connectivity index (χ0) is 14.2. The maximum atomic E-state index is 4.26. The van der Waals surface area contributed by atoms with Gasteiger partial charge in [0, 0.05) is 31.9 Å². The van der Waals surface area contributed by atoms with Gasteiger partial charge in [-0.1, -0.05) is 25.0 Å². The van der Waals surface area contributed by atoms with Crippen LogP contribution in [-0.2, 0) is 0 Å². The molecule has 1 saturated heterocycles. The Morgan fingerprint density at radius 2 is 1.75 bits per heavy atom. The van der Waals surface area contributed by atoms with E-state index in [2.05, 4.69) is 53.6 Å². The smallest absolute Gasteiger partial charge is 0.0369 e. The average Bonchev–Trinajstić information content (AvgIpc) is 2.48. The summed E-state index contributed by atoms with van der Waals surface area (Å²) in [4.78, 5) is 5.14. The minimum absolute atomic E-state index is 1.04. The molecule has 20 heavy (non-hydrogen) atoms. The molecule has 1 aliphatic rings. The van der Waals surface area contributed by atoms with Gasteiger partial charge in [0.1, 0.15) is 0 Å². The van der Waals surface area contributed by atoms with Gasteiger partial charge in [0.15, 0.2) is 0 Å². The summed E-state index contributed by atoms with van der Waals surface area (Å²) >= 11 is 4.26. The number of benzene rings is 1. The van der Waals surface area contributed by atoms with E-state index in [0.29, 0.717) is 0 Å². The molecule has 0 bridgehead atoms. The molecule has 0 unspecified atom stereocenters. The Hall–Kier alpha value is -0.670. The number of aryl methyl sites for hydroxylation is 1. The Balaban J connectivity index is 1.67. The monoisotopic (exact) mass is 292 g/mol. The fourth-order valence-corrected chi connectivity index (χ4v) is 3.08. The molecule has 2 rings (SSSR count). The fourth-order valence-electron chi connectivity index (χ4n) is 2.86. The third-order valence-corrected chi connectivity index (χ3v) is 4.44. The highest BCUT2D eigenvalue weighted by molar-refractivity contribution is 7.80. The summed E-state index contributed by atoms with van der Waals surface area (Å²) in [6.45, 7) is 8.19. The zero-order valence-electron chi connectivity index (χ0n) is 12.7. The van der Waals surface area contributed by atoms with E-state index in [-0.39, 0.29) is 0 Å². The van der Waals surface area contributed by atoms with E-state index < -0.39 is 0 Å². The molecular weight excluding hydrogens is 264 g/mol. The molecule has 1 aromatic carbocycles. The molecule has 0 aromatic heterocycles. The van der Waals surface area contributed by atoms with E-state index >= 15 is 0 Å². The number of rotatable bonds is 7. The maximum absolute atomic E-state index is 4.26. The minimum Gasteiger partial charge on any atom is -0.369 e. The van der Waals surface area contributed by atoms with Crippen molar-refractivity contribution in [2.45, 2.75) is 32.6 Å². The molecule has 112 valence electrons. The van der Waals surface area contributed by atoms with E-state index in [1.807, 2.05) is 0 Å². The highest BCUT2D eigenvalue weighted by Crippen LogP contribution is 2.18. The van der Waals surface area contributed by atoms with Gasteiger partial charge in [-0.2, -0.15) is 12.6 Å². The molecule has 2 nitrogen and oxygen atoms in total. The van der Waals surface area contributed by atoms with Crippen molar-refractivity contribution in [3.05, 3.63) is 29.8 Å². The van der Waals surface area contributed by atoms with E-state index in [9.17, 15) is 0 Å². The summed E-state index contributed by atoms with van der Waals surface area (Å²) in [5.41, 5.74) is 2.74. The Morgan fingerprint density at radius 1 is 1.00 bits per heavy atom. The van der Waals surface area contributed by atoms with Crippen LogP contribution < -0.4 is 4.90 Å². The summed E-state index contributed by atoms with van der Waals surface area (Å²) in [5.74, 6) is 1.04. The second-order valence-corrected chi connectivity index (χ2v) is 6.25. The number of hydrogen-bond acceptors (Lipinski definition) is 3. The number of nitrogens with zero attached hydrogens (tertiary/aromatic N) is 2. The van der Waals surface area contributed by atoms with Crippen LogP contribution >= 0.6 is 12.6 Å². The van der Waals surface area contributed by atoms with Crippen LogP contribution in [0.4, 0.5) is 5.69 Å². The molecule has 0 radical (unpaired) electrons. The third-order valence-electron chi connectivity index (χ3n) is 4.12. The number of hydrogen-bond donors (Lipinski definition) is 1. The van der Waals surface area contributed by atoms with Crippen molar-refractivity contribution < 1.29 is 0 Å². The lowest BCUT2D eigenvalue weighted by atomic mass is 10.1. The minimum atomic E-state index is 1.04. The summed E-state index contributed by atoms with van der Waals surface area (Å²) in [5, 5.41) is 0. The van der Waals surface area contributed by atoms with Gasteiger partial charge in [-0.15, -0.1) is 0 Å². The second-order valence-electron chi connectivity index (χ2n) is 5.81. The van der Waals surface area contributed by atoms with Crippen LogP contribution in [0.15, 0.2) is 24.3 Å². The van der Waals surface area contributed by atoms with Crippen LogP contribution in [0.25, 0.3) is 0 Å². The molecule has 0 aliphatic carbocycles. The first kappa shape index (κ1) is 15.7. The van der Waals surface area contributed by atoms with Gasteiger partial charge in [-0.05, 0) is 49.8 Å². The van der Waals surface area contributed by atoms with Crippen molar-refractivity contribution in [3.63, 3.8) is 0 Å². The van der Waals surface area contributed by atoms with Crippen LogP contribution in [0, 0.1) is 6.92 Å². The van der Waals surface area contributed by atoms with Gasteiger partial charge >= 0.3 is 0 Å². The van der Waals surface area contributed by atoms with Crippen LogP contribution in [-0.4, -0.2) is 43.4 Å². The van der Waals surface area contributed by atoms with Gasteiger partial charge in [-0.3, -0.25) is 4.90 Å². The van der Waals surface area contributed by atoms with Crippen molar-refractivity contribution >= 4 is 18.3 Å². The third kappa shape index (κ3) is 5.02. The highest BCUT2D eigenvalue weighted by atomic mass is 32.1. The molecular formula is C17H28N2S. The quantitative estimate of drug-likeness (QED) is 0.606. The van der Waals surface area contributed by atoms with Gasteiger partial charge in [-0.25, -0.2) is 0 Å². The predicted molar refractivity (Wildman–Crippen MR) is 92.2 cm³/mol. The molecule has 0 atom stereocenters. The lowest BCUT2D eigenvalue weighted by Gasteiger charge is -2.36. The summed E-state index contributed by atoms with van der Waals surface area (Å²) in [6.07, 6.45) is 5.31. The van der Waals surface area contributed by atoms with Crippen LogP contribution in [0.3, 0.4) is 0 Å². The predicted octanol–water partition coefficient (Wildman–Crippen LogP) is 3.61. The Bertz CT molecular complexity index is 386. The molecule has 1 fully saturated rings. The highest BCUT2D eigenvalue weighted by Gasteiger charge is 2.16. The Kier molecular flexibility index (Phi) is 6.74. The lowest BCUT2D eigenvalue weighted by Crippen LogP contribution is -2.46. The first-order valence-electron chi connectivity index (χ1n) is 7.94. The standard InChI is InChI=1S/C17H28N2S/c1-16-7-6-8-17(15-16)19-12-10-18(11-13-19)9-4-2-3-5-14-20/h6-8,15,20H,2-5,9-14H2,1H3. The van der Waals surface area contributed by atoms with E-state index in [1.54, 1.807) is 0 Å². The number of anilines is 1. The van der Waals surface area contributed by atoms with E-state index in [1.165, 1.54) is 69.7 Å². The van der Waals surface area contributed by atoms with Crippen LogP contribution in [0.2, 0.25) is 0 Å². The largest absolute Gasteiger partial charge is 0.369 e. The molecule has 0 N–H and O–H groups in total. The topological polar surface area (TPSA) is 6.48 Å². The van der Waals surface area contributed by atoms with Gasteiger partial charge in [0.05, 0.1) is 0 Å². The number of thiol groups is 1. The van der Waals surface area contributed by atoms with Crippen molar-refractivity contribution in [1.29, 1.82) is 0 Å². The molecule has 0 amide bonds. The maximum Gasteiger partial charge on any atom is 0.0369 e. The van der Waals surface area contributed by atoms with Gasteiger partial charge in [0.2, 0.25) is 0 Å². The van der Waals surface area contributed by atoms with Crippen molar-refractivity contribution in [2.24, 2.45) is 0 Å². The lowest BCUT2D eigenvalue weighted by molar-refractivity contribution is 0.252. The summed E-state index contributed by atoms with van der Waals surface area (Å²) < 4.78 is 0. The fraction of sp³-hybridized carbons (Fsp3) is 0.647. The Morgan fingerprint density at radius 3 is 2.45 bits per heavy atom. The number of unbranched alkanes of at least 4 members (excludes halogenated alkanes) is 3. The van der Waals surface area contributed by atoms with E-state index in [4.69, 9.17) is 0 Å². The average molecular weight is 292 g/mol. The zero-order valence-corrected chi connectivity index (χ0v) is 13.6. The van der Waals surface area contributed by atoms with Crippen LogP contribution in [0.1, 0.15) is 31.2 Å². The molecule has 1 aromatic rings. The molecule has 0 saturated carbocycles. The Labute approximate surface area is 129 Å². The second kappa shape index (κ2) is 8.58. The number of piperazine rings is 1. The molecule has 0 spiro atoms. The van der Waals surface area contributed by atoms with Gasteiger partial charge < -0.3 is 4.90 Å². The van der Waals surface area contributed by atoms with Crippen LogP contribution in [0.5, 0.6) is 0 Å². The molecule has 3 heteroatoms. The normalized spacial score (nSPS) is 16.6. The summed E-state index contributed by atoms with van der Waals surface area (Å²) in [6, 6.07) is 8.87. The first-order valence-corrected chi connectivity index (χ1v) is 8.57. The molecule has 1 aliphatic heterocycles. The molecule has 1 heterocycles. The van der Waals surface area contributed by atoms with Gasteiger partial charge in [0.25, 0.3) is 0 Å². The summed E-state index contributed by atoms with van der Waals surface area (Å²) in [7, 11) is 0. The van der Waals surface area contributed by atoms with Crippen molar-refractivity contribution in [1.82, 2.24) is 4.90 Å². The van der Waals surface area contributed by atoms with Crippen molar-refractivity contribution in [2.75, 3.05) is 43.4 Å². The SMILES string of the molecule is Cc1cccc(N2CCN(CCCCCCS)CC2)c1. The van der Waals surface area contributed by atoms with E-state index in [0.717, 1.165) is 5.75 Å².